The number of hydrogen-bond acceptors (Lipinski definition) is 3. The molecule has 3 rings (SSSR count). The fourth-order valence-electron chi connectivity index (χ4n) is 2.64. The highest BCUT2D eigenvalue weighted by Gasteiger charge is 2.21. The number of halogens is 2. The molecule has 0 saturated heterocycles. The third kappa shape index (κ3) is 4.28. The van der Waals surface area contributed by atoms with Crippen molar-refractivity contribution in [3.63, 3.8) is 0 Å². The van der Waals surface area contributed by atoms with Crippen LogP contribution in [0.25, 0.3) is 0 Å². The summed E-state index contributed by atoms with van der Waals surface area (Å²) >= 11 is 1.81. The molecule has 0 bridgehead atoms. The van der Waals surface area contributed by atoms with Gasteiger partial charge in [0.2, 0.25) is 0 Å². The summed E-state index contributed by atoms with van der Waals surface area (Å²) in [5.74, 6) is 0.908. The van der Waals surface area contributed by atoms with Crippen LogP contribution >= 0.6 is 24.2 Å². The lowest BCUT2D eigenvalue weighted by Gasteiger charge is -2.26. The van der Waals surface area contributed by atoms with Crippen molar-refractivity contribution in [1.29, 1.82) is 0 Å². The predicted octanol–water partition coefficient (Wildman–Crippen LogP) is 4.53. The summed E-state index contributed by atoms with van der Waals surface area (Å²) in [4.78, 5) is 1.19. The summed E-state index contributed by atoms with van der Waals surface area (Å²) in [5.41, 5.74) is 2.24. The highest BCUT2D eigenvalue weighted by Crippen LogP contribution is 2.36. The molecule has 1 aromatic heterocycles. The molecule has 0 saturated carbocycles. The van der Waals surface area contributed by atoms with Gasteiger partial charge in [-0.25, -0.2) is 4.39 Å². The molecule has 1 unspecified atom stereocenters. The molecule has 1 aliphatic heterocycles. The van der Waals surface area contributed by atoms with Crippen LogP contribution in [0.1, 0.15) is 44.4 Å². The molecule has 0 amide bonds. The fourth-order valence-corrected chi connectivity index (χ4v) is 3.74. The summed E-state index contributed by atoms with van der Waals surface area (Å²) in [5, 5.41) is 7.97. The minimum absolute atomic E-state index is 0. The van der Waals surface area contributed by atoms with Crippen LogP contribution in [0, 0.1) is 5.82 Å². The van der Waals surface area contributed by atoms with E-state index in [1.165, 1.54) is 4.90 Å². The Morgan fingerprint density at radius 1 is 1.39 bits per heavy atom. The molecule has 3 nitrogen and oxygen atoms in total. The van der Waals surface area contributed by atoms with Gasteiger partial charge in [-0.1, -0.05) is 0 Å². The van der Waals surface area contributed by atoms with Crippen molar-refractivity contribution in [3.8, 4) is 0 Å². The Hall–Kier alpha value is -1.04. The van der Waals surface area contributed by atoms with Gasteiger partial charge >= 0.3 is 0 Å². The van der Waals surface area contributed by atoms with Crippen molar-refractivity contribution < 1.29 is 4.39 Å². The Balaban J connectivity index is 0.00000192. The van der Waals surface area contributed by atoms with E-state index >= 15 is 0 Å². The van der Waals surface area contributed by atoms with Gasteiger partial charge in [-0.2, -0.15) is 5.10 Å². The standard InChI is InChI=1S/C17H22FN3S.ClH/c1-17(2,3)21-11-12(10-20-21)9-19-15-6-7-22-16-5-4-13(18)8-14(15)16;/h4-5,8,10-11,15,19H,6-7,9H2,1-3H3;1H. The van der Waals surface area contributed by atoms with Crippen LogP contribution in [0.5, 0.6) is 0 Å². The molecule has 23 heavy (non-hydrogen) atoms. The van der Waals surface area contributed by atoms with Gasteiger partial charge in [0.05, 0.1) is 11.7 Å². The summed E-state index contributed by atoms with van der Waals surface area (Å²) in [6, 6.07) is 5.31. The number of thioether (sulfide) groups is 1. The zero-order chi connectivity index (χ0) is 15.7. The number of benzene rings is 1. The number of fused-ring (bicyclic) bond motifs is 1. The minimum atomic E-state index is -0.159. The second kappa shape index (κ2) is 7.24. The van der Waals surface area contributed by atoms with Crippen molar-refractivity contribution in [2.24, 2.45) is 0 Å². The summed E-state index contributed by atoms with van der Waals surface area (Å²) in [6.07, 6.45) is 5.01. The second-order valence-electron chi connectivity index (χ2n) is 6.72. The maximum Gasteiger partial charge on any atom is 0.123 e. The van der Waals surface area contributed by atoms with E-state index in [2.05, 4.69) is 37.4 Å². The van der Waals surface area contributed by atoms with Crippen LogP contribution in [0.15, 0.2) is 35.5 Å². The van der Waals surface area contributed by atoms with E-state index in [0.29, 0.717) is 0 Å². The van der Waals surface area contributed by atoms with Crippen LogP contribution in [-0.4, -0.2) is 15.5 Å². The lowest BCUT2D eigenvalue weighted by molar-refractivity contribution is 0.355. The van der Waals surface area contributed by atoms with Crippen molar-refractivity contribution in [3.05, 3.63) is 47.5 Å². The number of aromatic nitrogens is 2. The van der Waals surface area contributed by atoms with E-state index in [1.54, 1.807) is 12.1 Å². The molecule has 6 heteroatoms. The second-order valence-corrected chi connectivity index (χ2v) is 7.85. The van der Waals surface area contributed by atoms with E-state index < -0.39 is 0 Å². The van der Waals surface area contributed by atoms with Gasteiger partial charge in [0, 0.05) is 29.2 Å². The molecule has 0 spiro atoms. The van der Waals surface area contributed by atoms with Crippen LogP contribution in [0.4, 0.5) is 4.39 Å². The first-order chi connectivity index (χ1) is 10.4. The van der Waals surface area contributed by atoms with Gasteiger partial charge < -0.3 is 5.32 Å². The van der Waals surface area contributed by atoms with Crippen molar-refractivity contribution in [1.82, 2.24) is 15.1 Å². The maximum absolute atomic E-state index is 13.5. The highest BCUT2D eigenvalue weighted by atomic mass is 35.5. The molecule has 1 aromatic carbocycles. The summed E-state index contributed by atoms with van der Waals surface area (Å²) in [7, 11) is 0. The molecule has 2 heterocycles. The molecule has 1 N–H and O–H groups in total. The molecule has 1 atom stereocenters. The van der Waals surface area contributed by atoms with E-state index in [9.17, 15) is 4.39 Å². The van der Waals surface area contributed by atoms with Crippen molar-refractivity contribution in [2.75, 3.05) is 5.75 Å². The molecule has 0 radical (unpaired) electrons. The molecule has 1 aliphatic rings. The average Bonchev–Trinajstić information content (AvgIpc) is 2.94. The minimum Gasteiger partial charge on any atom is -0.306 e. The Labute approximate surface area is 147 Å². The van der Waals surface area contributed by atoms with Gasteiger partial charge in [0.15, 0.2) is 0 Å². The van der Waals surface area contributed by atoms with Crippen molar-refractivity contribution >= 4 is 24.2 Å². The normalized spacial score (nSPS) is 17.5. The molecule has 2 aromatic rings. The van der Waals surface area contributed by atoms with Crippen LogP contribution in [-0.2, 0) is 12.1 Å². The van der Waals surface area contributed by atoms with Gasteiger partial charge in [-0.3, -0.25) is 4.68 Å². The first-order valence-electron chi connectivity index (χ1n) is 7.63. The zero-order valence-electron chi connectivity index (χ0n) is 13.7. The summed E-state index contributed by atoms with van der Waals surface area (Å²) in [6.45, 7) is 7.15. The Morgan fingerprint density at radius 3 is 2.87 bits per heavy atom. The molecule has 0 fully saturated rings. The molecular weight excluding hydrogens is 333 g/mol. The highest BCUT2D eigenvalue weighted by molar-refractivity contribution is 7.99. The summed E-state index contributed by atoms with van der Waals surface area (Å²) < 4.78 is 15.5. The number of nitrogens with zero attached hydrogens (tertiary/aromatic N) is 2. The van der Waals surface area contributed by atoms with Crippen LogP contribution in [0.2, 0.25) is 0 Å². The number of hydrogen-bond donors (Lipinski definition) is 1. The van der Waals surface area contributed by atoms with Gasteiger partial charge in [-0.15, -0.1) is 24.2 Å². The monoisotopic (exact) mass is 355 g/mol. The topological polar surface area (TPSA) is 29.9 Å². The van der Waals surface area contributed by atoms with Crippen LogP contribution < -0.4 is 5.32 Å². The van der Waals surface area contributed by atoms with Gasteiger partial charge in [-0.05, 0) is 56.7 Å². The first kappa shape index (κ1) is 18.3. The third-order valence-corrected chi connectivity index (χ3v) is 5.01. The Morgan fingerprint density at radius 2 is 2.17 bits per heavy atom. The van der Waals surface area contributed by atoms with Crippen molar-refractivity contribution in [2.45, 2.75) is 50.2 Å². The SMILES string of the molecule is CC(C)(C)n1cc(CNC2CCSc3ccc(F)cc32)cn1.Cl. The van der Waals surface area contributed by atoms with Gasteiger partial charge in [0.25, 0.3) is 0 Å². The largest absolute Gasteiger partial charge is 0.306 e. The predicted molar refractivity (Wildman–Crippen MR) is 95.8 cm³/mol. The molecule has 126 valence electrons. The van der Waals surface area contributed by atoms with Gasteiger partial charge in [0.1, 0.15) is 5.82 Å². The van der Waals surface area contributed by atoms with E-state index in [1.807, 2.05) is 28.7 Å². The number of nitrogens with one attached hydrogen (secondary N) is 1. The molecular formula is C17H23ClFN3S. The smallest absolute Gasteiger partial charge is 0.123 e. The van der Waals surface area contributed by atoms with E-state index in [0.717, 1.165) is 29.8 Å². The molecule has 0 aliphatic carbocycles. The average molecular weight is 356 g/mol. The van der Waals surface area contributed by atoms with Crippen LogP contribution in [0.3, 0.4) is 0 Å². The van der Waals surface area contributed by atoms with E-state index in [-0.39, 0.29) is 29.8 Å². The third-order valence-electron chi connectivity index (χ3n) is 3.89. The quantitative estimate of drug-likeness (QED) is 0.877. The fraction of sp³-hybridized carbons (Fsp3) is 0.471. The lowest BCUT2D eigenvalue weighted by Crippen LogP contribution is -2.24. The maximum atomic E-state index is 13.5. The lowest BCUT2D eigenvalue weighted by atomic mass is 10.0. The number of rotatable bonds is 3. The zero-order valence-corrected chi connectivity index (χ0v) is 15.3. The van der Waals surface area contributed by atoms with E-state index in [4.69, 9.17) is 0 Å². The first-order valence-corrected chi connectivity index (χ1v) is 8.62. The Bertz CT molecular complexity index is 666. The Kier molecular flexibility index (Phi) is 5.76.